The van der Waals surface area contributed by atoms with E-state index in [2.05, 4.69) is 13.8 Å². The lowest BCUT2D eigenvalue weighted by Crippen LogP contribution is -2.33. The van der Waals surface area contributed by atoms with E-state index in [4.69, 9.17) is 0 Å². The maximum atomic E-state index is 11.4. The van der Waals surface area contributed by atoms with E-state index in [0.29, 0.717) is 0 Å². The van der Waals surface area contributed by atoms with Gasteiger partial charge in [-0.15, -0.1) is 0 Å². The molecule has 0 aromatic carbocycles. The van der Waals surface area contributed by atoms with E-state index < -0.39 is 0 Å². The zero-order valence-electron chi connectivity index (χ0n) is 11.8. The molecule has 0 spiro atoms. The van der Waals surface area contributed by atoms with Crippen molar-refractivity contribution in [2.45, 2.75) is 65.2 Å². The molecule has 0 aromatic heterocycles. The minimum absolute atomic E-state index is 0.133. The van der Waals surface area contributed by atoms with Gasteiger partial charge in [0.1, 0.15) is 0 Å². The highest BCUT2D eigenvalue weighted by Crippen LogP contribution is 2.19. The van der Waals surface area contributed by atoms with Crippen LogP contribution in [0.25, 0.3) is 0 Å². The fourth-order valence-electron chi connectivity index (χ4n) is 2.17. The first-order chi connectivity index (χ1) is 7.49. The molecule has 0 fully saturated rings. The van der Waals surface area contributed by atoms with Crippen molar-refractivity contribution >= 4 is 0 Å². The molecule has 0 rings (SSSR count). The van der Waals surface area contributed by atoms with Gasteiger partial charge in [-0.05, 0) is 18.8 Å². The second-order valence-electron chi connectivity index (χ2n) is 5.56. The van der Waals surface area contributed by atoms with Gasteiger partial charge in [0, 0.05) is 0 Å². The highest BCUT2D eigenvalue weighted by molar-refractivity contribution is 4.58. The highest BCUT2D eigenvalue weighted by Gasteiger charge is 2.08. The van der Waals surface area contributed by atoms with E-state index >= 15 is 0 Å². The SMILES string of the molecule is CCCCCCC(CC)CCC[N+](C)(C)[O-]. The van der Waals surface area contributed by atoms with Gasteiger partial charge in [-0.3, -0.25) is 0 Å². The van der Waals surface area contributed by atoms with Crippen molar-refractivity contribution < 1.29 is 4.65 Å². The Morgan fingerprint density at radius 2 is 1.56 bits per heavy atom. The van der Waals surface area contributed by atoms with Crippen molar-refractivity contribution in [1.82, 2.24) is 0 Å². The molecule has 0 aromatic rings. The summed E-state index contributed by atoms with van der Waals surface area (Å²) in [7, 11) is 3.48. The van der Waals surface area contributed by atoms with Crippen LogP contribution in [0.1, 0.15) is 65.2 Å². The lowest BCUT2D eigenvalue weighted by Gasteiger charge is -2.34. The van der Waals surface area contributed by atoms with Gasteiger partial charge in [-0.1, -0.05) is 52.4 Å². The maximum Gasteiger partial charge on any atom is 0.0779 e. The van der Waals surface area contributed by atoms with Gasteiger partial charge in [-0.2, -0.15) is 0 Å². The second kappa shape index (κ2) is 9.00. The Balaban J connectivity index is 3.51. The minimum Gasteiger partial charge on any atom is -0.633 e. The summed E-state index contributed by atoms with van der Waals surface area (Å²) >= 11 is 0. The molecule has 1 atom stereocenters. The molecule has 0 radical (unpaired) electrons. The van der Waals surface area contributed by atoms with Gasteiger partial charge < -0.3 is 9.85 Å². The molecule has 0 saturated heterocycles. The predicted octanol–water partition coefficient (Wildman–Crippen LogP) is 4.34. The van der Waals surface area contributed by atoms with Crippen LogP contribution < -0.4 is 0 Å². The van der Waals surface area contributed by atoms with E-state index in [0.717, 1.165) is 18.9 Å². The molecule has 0 saturated carbocycles. The molecule has 0 aliphatic carbocycles. The summed E-state index contributed by atoms with van der Waals surface area (Å²) in [4.78, 5) is 0. The Hall–Kier alpha value is -0.0800. The average Bonchev–Trinajstić information content (AvgIpc) is 2.20. The molecule has 16 heavy (non-hydrogen) atoms. The first-order valence-corrected chi connectivity index (χ1v) is 7.03. The van der Waals surface area contributed by atoms with Crippen LogP contribution in [0.15, 0.2) is 0 Å². The molecular formula is C14H31NO. The number of quaternary nitrogens is 1. The molecule has 1 unspecified atom stereocenters. The number of nitrogens with zero attached hydrogens (tertiary/aromatic N) is 1. The molecule has 0 N–H and O–H groups in total. The Kier molecular flexibility index (Phi) is 8.96. The maximum absolute atomic E-state index is 11.4. The summed E-state index contributed by atoms with van der Waals surface area (Å²) in [6.07, 6.45) is 10.4. The van der Waals surface area contributed by atoms with Crippen LogP contribution in [-0.4, -0.2) is 25.3 Å². The number of hydroxylamine groups is 3. The van der Waals surface area contributed by atoms with Crippen molar-refractivity contribution in [2.75, 3.05) is 20.6 Å². The van der Waals surface area contributed by atoms with Crippen molar-refractivity contribution in [3.8, 4) is 0 Å². The van der Waals surface area contributed by atoms with Crippen molar-refractivity contribution in [1.29, 1.82) is 0 Å². The first kappa shape index (κ1) is 15.9. The van der Waals surface area contributed by atoms with Gasteiger partial charge in [-0.25, -0.2) is 0 Å². The van der Waals surface area contributed by atoms with Crippen LogP contribution in [0, 0.1) is 11.1 Å². The number of hydrogen-bond acceptors (Lipinski definition) is 1. The van der Waals surface area contributed by atoms with E-state index in [1.54, 1.807) is 14.1 Å². The van der Waals surface area contributed by atoms with Crippen LogP contribution in [0.2, 0.25) is 0 Å². The van der Waals surface area contributed by atoms with Crippen LogP contribution in [0.5, 0.6) is 0 Å². The summed E-state index contributed by atoms with van der Waals surface area (Å²) in [5, 5.41) is 11.4. The van der Waals surface area contributed by atoms with Crippen LogP contribution in [0.4, 0.5) is 0 Å². The van der Waals surface area contributed by atoms with Crippen LogP contribution in [-0.2, 0) is 0 Å². The number of unbranched alkanes of at least 4 members (excludes halogenated alkanes) is 3. The topological polar surface area (TPSA) is 23.1 Å². The number of hydrogen-bond donors (Lipinski definition) is 0. The van der Waals surface area contributed by atoms with E-state index in [1.807, 2.05) is 0 Å². The van der Waals surface area contributed by atoms with E-state index in [1.165, 1.54) is 44.9 Å². The van der Waals surface area contributed by atoms with E-state index in [-0.39, 0.29) is 4.65 Å². The van der Waals surface area contributed by atoms with Crippen LogP contribution in [0.3, 0.4) is 0 Å². The third kappa shape index (κ3) is 10.4. The first-order valence-electron chi connectivity index (χ1n) is 7.03. The minimum atomic E-state index is -0.133. The van der Waals surface area contributed by atoms with Crippen molar-refractivity contribution in [3.63, 3.8) is 0 Å². The normalized spacial score (nSPS) is 14.1. The Labute approximate surface area is 102 Å². The third-order valence-corrected chi connectivity index (χ3v) is 3.35. The fraction of sp³-hybridized carbons (Fsp3) is 1.00. The van der Waals surface area contributed by atoms with Crippen molar-refractivity contribution in [2.24, 2.45) is 5.92 Å². The molecular weight excluding hydrogens is 198 g/mol. The van der Waals surface area contributed by atoms with Crippen molar-refractivity contribution in [3.05, 3.63) is 5.21 Å². The highest BCUT2D eigenvalue weighted by atomic mass is 16.5. The molecule has 0 heterocycles. The fourth-order valence-corrected chi connectivity index (χ4v) is 2.17. The summed E-state index contributed by atoms with van der Waals surface area (Å²) in [6, 6.07) is 0. The largest absolute Gasteiger partial charge is 0.633 e. The average molecular weight is 229 g/mol. The Morgan fingerprint density at radius 1 is 0.938 bits per heavy atom. The Morgan fingerprint density at radius 3 is 2.06 bits per heavy atom. The lowest BCUT2D eigenvalue weighted by atomic mass is 9.93. The number of rotatable bonds is 10. The van der Waals surface area contributed by atoms with Gasteiger partial charge in [0.15, 0.2) is 0 Å². The molecule has 2 nitrogen and oxygen atoms in total. The zero-order chi connectivity index (χ0) is 12.4. The summed E-state index contributed by atoms with van der Waals surface area (Å²) in [5.74, 6) is 0.850. The standard InChI is InChI=1S/C14H31NO/c1-5-7-8-9-11-14(6-2)12-10-13-15(3,4)16/h14H,5-13H2,1-4H3. The third-order valence-electron chi connectivity index (χ3n) is 3.35. The predicted molar refractivity (Wildman–Crippen MR) is 72.1 cm³/mol. The molecule has 0 aliphatic rings. The molecule has 0 aliphatic heterocycles. The van der Waals surface area contributed by atoms with Gasteiger partial charge >= 0.3 is 0 Å². The lowest BCUT2D eigenvalue weighted by molar-refractivity contribution is -0.840. The van der Waals surface area contributed by atoms with Gasteiger partial charge in [0.2, 0.25) is 0 Å². The summed E-state index contributed by atoms with van der Waals surface area (Å²) in [5.41, 5.74) is 0. The molecule has 2 heteroatoms. The van der Waals surface area contributed by atoms with E-state index in [9.17, 15) is 5.21 Å². The summed E-state index contributed by atoms with van der Waals surface area (Å²) in [6.45, 7) is 5.30. The van der Waals surface area contributed by atoms with Crippen LogP contribution >= 0.6 is 0 Å². The molecule has 98 valence electrons. The monoisotopic (exact) mass is 229 g/mol. The summed E-state index contributed by atoms with van der Waals surface area (Å²) < 4.78 is -0.133. The smallest absolute Gasteiger partial charge is 0.0779 e. The van der Waals surface area contributed by atoms with Gasteiger partial charge in [0.05, 0.1) is 20.6 Å². The second-order valence-corrected chi connectivity index (χ2v) is 5.56. The zero-order valence-corrected chi connectivity index (χ0v) is 11.8. The quantitative estimate of drug-likeness (QED) is 0.310. The molecule has 0 bridgehead atoms. The molecule has 0 amide bonds. The Bertz CT molecular complexity index is 151. The van der Waals surface area contributed by atoms with Gasteiger partial charge in [0.25, 0.3) is 0 Å².